The molecule has 0 spiro atoms. The molecule has 2 aromatic carbocycles. The number of carbonyl (C=O) groups is 1. The molecule has 9 heteroatoms. The molecule has 1 unspecified atom stereocenters. The molecule has 28 heavy (non-hydrogen) atoms. The van der Waals surface area contributed by atoms with Gasteiger partial charge in [0.15, 0.2) is 5.16 Å². The average Bonchev–Trinajstić information content (AvgIpc) is 3.15. The Labute approximate surface area is 167 Å². The first-order chi connectivity index (χ1) is 13.3. The fourth-order valence-corrected chi connectivity index (χ4v) is 5.02. The van der Waals surface area contributed by atoms with E-state index in [-0.39, 0.29) is 22.6 Å². The maximum Gasteiger partial charge on any atom is 0.238 e. The molecule has 1 aliphatic heterocycles. The van der Waals surface area contributed by atoms with E-state index in [2.05, 4.69) is 4.98 Å². The molecule has 0 fully saturated rings. The summed E-state index contributed by atoms with van der Waals surface area (Å²) in [5.41, 5.74) is 3.49. The molecule has 4 rings (SSSR count). The number of nitrogens with two attached hydrogens (primary N) is 1. The van der Waals surface area contributed by atoms with Crippen LogP contribution in [0.2, 0.25) is 0 Å². The fraction of sp³-hybridized carbons (Fsp3) is 0.263. The van der Waals surface area contributed by atoms with Crippen LogP contribution in [-0.4, -0.2) is 35.7 Å². The molecule has 2 N–H and O–H groups in total. The highest BCUT2D eigenvalue weighted by molar-refractivity contribution is 7.99. The highest BCUT2D eigenvalue weighted by atomic mass is 32.2. The van der Waals surface area contributed by atoms with Crippen LogP contribution < -0.4 is 10.0 Å². The van der Waals surface area contributed by atoms with Crippen LogP contribution in [0.15, 0.2) is 52.5 Å². The Morgan fingerprint density at radius 1 is 1.29 bits per heavy atom. The number of fused-ring (bicyclic) bond motifs is 2. The number of sulfonamides is 1. The Morgan fingerprint density at radius 3 is 2.75 bits per heavy atom. The third-order valence-corrected chi connectivity index (χ3v) is 6.86. The molecule has 1 aliphatic rings. The highest BCUT2D eigenvalue weighted by Gasteiger charge is 2.31. The van der Waals surface area contributed by atoms with Crippen LogP contribution >= 0.6 is 11.8 Å². The lowest BCUT2D eigenvalue weighted by molar-refractivity contribution is -0.116. The molecule has 146 valence electrons. The van der Waals surface area contributed by atoms with Crippen LogP contribution in [-0.2, 0) is 28.3 Å². The quantitative estimate of drug-likeness (QED) is 0.658. The number of nitrogens with zero attached hydrogens (tertiary/aromatic N) is 3. The Bertz CT molecular complexity index is 1190. The van der Waals surface area contributed by atoms with Gasteiger partial charge in [0.25, 0.3) is 0 Å². The molecule has 1 aromatic heterocycles. The van der Waals surface area contributed by atoms with Gasteiger partial charge in [0.05, 0.1) is 21.7 Å². The summed E-state index contributed by atoms with van der Waals surface area (Å²) in [7, 11) is -1.83. The van der Waals surface area contributed by atoms with Crippen molar-refractivity contribution in [2.45, 2.75) is 29.4 Å². The van der Waals surface area contributed by atoms with Gasteiger partial charge in [-0.05, 0) is 49.2 Å². The van der Waals surface area contributed by atoms with Gasteiger partial charge in [-0.1, -0.05) is 23.9 Å². The molecule has 0 saturated heterocycles. The van der Waals surface area contributed by atoms with Crippen LogP contribution in [0.4, 0.5) is 5.69 Å². The first kappa shape index (κ1) is 19.0. The number of aryl methyl sites for hydroxylation is 1. The molecule has 0 radical (unpaired) electrons. The predicted octanol–water partition coefficient (Wildman–Crippen LogP) is 2.29. The standard InChI is InChI=1S/C19H20N4O3S2/c1-12-9-13-10-14(28(20,25)26)7-8-16(13)23(12)18(24)11-27-19-21-15-5-3-4-6-17(15)22(19)2/h3-8,10,12H,9,11H2,1-2H3,(H2,20,25,26). The zero-order chi connectivity index (χ0) is 20.1. The van der Waals surface area contributed by atoms with Gasteiger partial charge in [-0.15, -0.1) is 0 Å². The Kier molecular flexibility index (Phi) is 4.68. The minimum Gasteiger partial charge on any atom is -0.322 e. The van der Waals surface area contributed by atoms with E-state index >= 15 is 0 Å². The van der Waals surface area contributed by atoms with Gasteiger partial charge < -0.3 is 9.47 Å². The van der Waals surface area contributed by atoms with E-state index in [0.717, 1.165) is 27.4 Å². The minimum atomic E-state index is -3.76. The number of hydrogen-bond donors (Lipinski definition) is 1. The molecule has 3 aromatic rings. The first-order valence-corrected chi connectivity index (χ1v) is 11.3. The van der Waals surface area contributed by atoms with Crippen molar-refractivity contribution in [3.63, 3.8) is 0 Å². The lowest BCUT2D eigenvalue weighted by atomic mass is 10.1. The molecular formula is C19H20N4O3S2. The van der Waals surface area contributed by atoms with Crippen molar-refractivity contribution in [3.8, 4) is 0 Å². The van der Waals surface area contributed by atoms with Crippen molar-refractivity contribution in [1.82, 2.24) is 9.55 Å². The zero-order valence-electron chi connectivity index (χ0n) is 15.5. The normalized spacial score (nSPS) is 16.5. The number of aromatic nitrogens is 2. The van der Waals surface area contributed by atoms with E-state index in [1.165, 1.54) is 17.8 Å². The number of para-hydroxylation sites is 2. The smallest absolute Gasteiger partial charge is 0.238 e. The Balaban J connectivity index is 1.55. The van der Waals surface area contributed by atoms with E-state index in [9.17, 15) is 13.2 Å². The van der Waals surface area contributed by atoms with Crippen molar-refractivity contribution >= 4 is 44.4 Å². The van der Waals surface area contributed by atoms with Gasteiger partial charge in [0, 0.05) is 18.8 Å². The van der Waals surface area contributed by atoms with Crippen molar-refractivity contribution < 1.29 is 13.2 Å². The van der Waals surface area contributed by atoms with Crippen molar-refractivity contribution in [1.29, 1.82) is 0 Å². The van der Waals surface area contributed by atoms with E-state index < -0.39 is 10.0 Å². The van der Waals surface area contributed by atoms with Crippen molar-refractivity contribution in [2.24, 2.45) is 12.2 Å². The predicted molar refractivity (Wildman–Crippen MR) is 110 cm³/mol. The SMILES string of the molecule is CC1Cc2cc(S(N)(=O)=O)ccc2N1C(=O)CSc1nc2ccccc2n1C. The summed E-state index contributed by atoms with van der Waals surface area (Å²) in [6.45, 7) is 1.95. The summed E-state index contributed by atoms with van der Waals surface area (Å²) in [6, 6.07) is 12.5. The van der Waals surface area contributed by atoms with E-state index in [4.69, 9.17) is 5.14 Å². The molecule has 7 nitrogen and oxygen atoms in total. The van der Waals surface area contributed by atoms with Gasteiger partial charge in [0.1, 0.15) is 0 Å². The van der Waals surface area contributed by atoms with Gasteiger partial charge in [-0.25, -0.2) is 18.5 Å². The number of carbonyl (C=O) groups excluding carboxylic acids is 1. The van der Waals surface area contributed by atoms with Crippen molar-refractivity contribution in [3.05, 3.63) is 48.0 Å². The summed E-state index contributed by atoms with van der Waals surface area (Å²) in [6.07, 6.45) is 0.599. The summed E-state index contributed by atoms with van der Waals surface area (Å²) >= 11 is 1.40. The third kappa shape index (κ3) is 3.30. The summed E-state index contributed by atoms with van der Waals surface area (Å²) in [5.74, 6) is 0.212. The molecule has 1 atom stereocenters. The maximum atomic E-state index is 12.9. The van der Waals surface area contributed by atoms with E-state index in [0.29, 0.717) is 6.42 Å². The average molecular weight is 417 g/mol. The second-order valence-corrected chi connectivity index (χ2v) is 9.39. The van der Waals surface area contributed by atoms with Gasteiger partial charge in [0.2, 0.25) is 15.9 Å². The topological polar surface area (TPSA) is 98.3 Å². The van der Waals surface area contributed by atoms with Gasteiger partial charge >= 0.3 is 0 Å². The first-order valence-electron chi connectivity index (χ1n) is 8.78. The van der Waals surface area contributed by atoms with Crippen LogP contribution in [0.1, 0.15) is 12.5 Å². The highest BCUT2D eigenvalue weighted by Crippen LogP contribution is 2.34. The molecular weight excluding hydrogens is 396 g/mol. The minimum absolute atomic E-state index is 0.0355. The zero-order valence-corrected chi connectivity index (χ0v) is 17.1. The van der Waals surface area contributed by atoms with Crippen LogP contribution in [0.5, 0.6) is 0 Å². The monoisotopic (exact) mass is 416 g/mol. The molecule has 0 saturated carbocycles. The largest absolute Gasteiger partial charge is 0.322 e. The maximum absolute atomic E-state index is 12.9. The third-order valence-electron chi connectivity index (χ3n) is 4.93. The number of rotatable bonds is 4. The molecule has 0 aliphatic carbocycles. The number of thioether (sulfide) groups is 1. The number of imidazole rings is 1. The van der Waals surface area contributed by atoms with E-state index in [1.54, 1.807) is 17.0 Å². The summed E-state index contributed by atoms with van der Waals surface area (Å²) in [4.78, 5) is 19.3. The number of benzene rings is 2. The van der Waals surface area contributed by atoms with Crippen LogP contribution in [0.25, 0.3) is 11.0 Å². The number of hydrogen-bond acceptors (Lipinski definition) is 5. The van der Waals surface area contributed by atoms with Gasteiger partial charge in [-0.2, -0.15) is 0 Å². The fourth-order valence-electron chi connectivity index (χ4n) is 3.61. The van der Waals surface area contributed by atoms with Crippen LogP contribution in [0.3, 0.4) is 0 Å². The molecule has 2 heterocycles. The second kappa shape index (κ2) is 6.91. The van der Waals surface area contributed by atoms with Crippen LogP contribution in [0, 0.1) is 0 Å². The number of anilines is 1. The van der Waals surface area contributed by atoms with Gasteiger partial charge in [-0.3, -0.25) is 4.79 Å². The second-order valence-electron chi connectivity index (χ2n) is 6.88. The molecule has 0 bridgehead atoms. The Morgan fingerprint density at radius 2 is 2.04 bits per heavy atom. The summed E-state index contributed by atoms with van der Waals surface area (Å²) in [5, 5.41) is 6.00. The lowest BCUT2D eigenvalue weighted by Crippen LogP contribution is -2.37. The van der Waals surface area contributed by atoms with Crippen molar-refractivity contribution in [2.75, 3.05) is 10.7 Å². The molecule has 1 amide bonds. The summed E-state index contributed by atoms with van der Waals surface area (Å²) < 4.78 is 25.1. The number of amides is 1. The number of primary sulfonamides is 1. The Hall–Kier alpha value is -2.36. The lowest BCUT2D eigenvalue weighted by Gasteiger charge is -2.22. The van der Waals surface area contributed by atoms with E-state index in [1.807, 2.05) is 42.8 Å².